The Morgan fingerprint density at radius 1 is 1.36 bits per heavy atom. The van der Waals surface area contributed by atoms with Gasteiger partial charge in [0, 0.05) is 12.6 Å². The minimum Gasteiger partial charge on any atom is -0.370 e. The molecule has 1 aromatic carbocycles. The van der Waals surface area contributed by atoms with Gasteiger partial charge in [0.25, 0.3) is 0 Å². The molecule has 0 aliphatic carbocycles. The molecular weight excluding hydrogens is 303 g/mol. The molecule has 22 heavy (non-hydrogen) atoms. The molecule has 1 N–H and O–H groups in total. The normalized spacial score (nSPS) is 23.3. The number of nitrogens with zero attached hydrogens (tertiary/aromatic N) is 1. The van der Waals surface area contributed by atoms with Gasteiger partial charge < -0.3 is 15.0 Å². The maximum absolute atomic E-state index is 13.3. The number of hydrogen-bond acceptors (Lipinski definition) is 3. The first-order chi connectivity index (χ1) is 10.7. The zero-order chi connectivity index (χ0) is 15.4. The molecule has 1 unspecified atom stereocenters. The van der Waals surface area contributed by atoms with Crippen LogP contribution in [0.3, 0.4) is 0 Å². The summed E-state index contributed by atoms with van der Waals surface area (Å²) < 4.78 is 19.0. The van der Waals surface area contributed by atoms with Crippen LogP contribution in [-0.2, 0) is 4.74 Å². The number of nitrogens with one attached hydrogen (secondary N) is 1. The molecule has 0 aromatic heterocycles. The van der Waals surface area contributed by atoms with Gasteiger partial charge in [0.2, 0.25) is 0 Å². The highest BCUT2D eigenvalue weighted by atomic mass is 32.2. The van der Waals surface area contributed by atoms with Crippen molar-refractivity contribution in [3.63, 3.8) is 0 Å². The summed E-state index contributed by atoms with van der Waals surface area (Å²) in [4.78, 5) is 14.2. The molecule has 2 heterocycles. The highest BCUT2D eigenvalue weighted by Gasteiger charge is 2.27. The highest BCUT2D eigenvalue weighted by molar-refractivity contribution is 7.99. The smallest absolute Gasteiger partial charge is 0.317 e. The predicted octanol–water partition coefficient (Wildman–Crippen LogP) is 2.80. The molecule has 2 aliphatic rings. The van der Waals surface area contributed by atoms with Gasteiger partial charge in [-0.1, -0.05) is 12.1 Å². The van der Waals surface area contributed by atoms with Crippen molar-refractivity contribution < 1.29 is 13.9 Å². The van der Waals surface area contributed by atoms with E-state index >= 15 is 0 Å². The molecule has 2 fully saturated rings. The van der Waals surface area contributed by atoms with Gasteiger partial charge in [0.15, 0.2) is 0 Å². The number of ether oxygens (including phenoxy) is 1. The summed E-state index contributed by atoms with van der Waals surface area (Å²) >= 11 is 1.94. The van der Waals surface area contributed by atoms with Crippen LogP contribution in [-0.4, -0.2) is 48.2 Å². The molecular formula is C16H21FN2O2S. The lowest BCUT2D eigenvalue weighted by Crippen LogP contribution is -2.50. The maximum atomic E-state index is 13.3. The number of amides is 2. The second-order valence-corrected chi connectivity index (χ2v) is 6.92. The van der Waals surface area contributed by atoms with Crippen LogP contribution in [0.5, 0.6) is 0 Å². The van der Waals surface area contributed by atoms with E-state index in [1.807, 2.05) is 17.8 Å². The van der Waals surface area contributed by atoms with Gasteiger partial charge in [-0.15, -0.1) is 0 Å². The Morgan fingerprint density at radius 2 is 2.18 bits per heavy atom. The van der Waals surface area contributed by atoms with Crippen LogP contribution in [0.15, 0.2) is 24.3 Å². The van der Waals surface area contributed by atoms with Crippen molar-refractivity contribution in [3.05, 3.63) is 35.6 Å². The Balaban J connectivity index is 1.58. The number of hydrogen-bond donors (Lipinski definition) is 1. The Morgan fingerprint density at radius 3 is 2.95 bits per heavy atom. The third-order valence-corrected chi connectivity index (χ3v) is 5.17. The number of morpholine rings is 1. The van der Waals surface area contributed by atoms with Crippen LogP contribution in [0.2, 0.25) is 0 Å². The number of rotatable bonds is 2. The number of benzene rings is 1. The minimum atomic E-state index is -0.276. The van der Waals surface area contributed by atoms with Crippen LogP contribution >= 0.6 is 11.8 Å². The van der Waals surface area contributed by atoms with E-state index in [1.54, 1.807) is 11.0 Å². The Labute approximate surface area is 134 Å². The van der Waals surface area contributed by atoms with E-state index in [0.29, 0.717) is 19.7 Å². The second-order valence-electron chi connectivity index (χ2n) is 5.70. The quantitative estimate of drug-likeness (QED) is 0.909. The average Bonchev–Trinajstić information content (AvgIpc) is 2.56. The Bertz CT molecular complexity index is 523. The number of carbonyl (C=O) groups is 1. The molecule has 0 saturated carbocycles. The van der Waals surface area contributed by atoms with Crippen molar-refractivity contribution in [2.24, 2.45) is 0 Å². The first-order valence-corrected chi connectivity index (χ1v) is 8.88. The summed E-state index contributed by atoms with van der Waals surface area (Å²) in [6.45, 7) is 1.53. The fraction of sp³-hybridized carbons (Fsp3) is 0.562. The van der Waals surface area contributed by atoms with Crippen LogP contribution in [0, 0.1) is 5.82 Å². The summed E-state index contributed by atoms with van der Waals surface area (Å²) in [6.07, 6.45) is 1.82. The van der Waals surface area contributed by atoms with E-state index in [-0.39, 0.29) is 24.0 Å². The van der Waals surface area contributed by atoms with E-state index in [0.717, 1.165) is 29.9 Å². The maximum Gasteiger partial charge on any atom is 0.317 e. The number of halogens is 1. The summed E-state index contributed by atoms with van der Waals surface area (Å²) in [7, 11) is 0. The van der Waals surface area contributed by atoms with Gasteiger partial charge in [-0.2, -0.15) is 11.8 Å². The van der Waals surface area contributed by atoms with Crippen molar-refractivity contribution in [1.82, 2.24) is 10.2 Å². The monoisotopic (exact) mass is 324 g/mol. The topological polar surface area (TPSA) is 41.6 Å². The fourth-order valence-corrected chi connectivity index (χ4v) is 3.96. The molecule has 6 heteroatoms. The van der Waals surface area contributed by atoms with Crippen LogP contribution in [0.1, 0.15) is 24.5 Å². The molecule has 0 radical (unpaired) electrons. The van der Waals surface area contributed by atoms with Gasteiger partial charge >= 0.3 is 6.03 Å². The third kappa shape index (κ3) is 3.93. The zero-order valence-electron chi connectivity index (χ0n) is 12.5. The molecule has 2 saturated heterocycles. The Hall–Kier alpha value is -1.27. The fourth-order valence-electron chi connectivity index (χ4n) is 2.85. The lowest BCUT2D eigenvalue weighted by atomic mass is 10.1. The molecule has 2 aliphatic heterocycles. The van der Waals surface area contributed by atoms with Crippen LogP contribution < -0.4 is 5.32 Å². The molecule has 2 amide bonds. The van der Waals surface area contributed by atoms with Crippen molar-refractivity contribution >= 4 is 17.8 Å². The van der Waals surface area contributed by atoms with Crippen LogP contribution in [0.4, 0.5) is 9.18 Å². The minimum absolute atomic E-state index is 0.0263. The predicted molar refractivity (Wildman–Crippen MR) is 85.5 cm³/mol. The number of urea groups is 1. The lowest BCUT2D eigenvalue weighted by molar-refractivity contribution is -0.0159. The van der Waals surface area contributed by atoms with Crippen LogP contribution in [0.25, 0.3) is 0 Å². The molecule has 0 bridgehead atoms. The van der Waals surface area contributed by atoms with Crippen molar-refractivity contribution in [2.45, 2.75) is 25.0 Å². The molecule has 1 atom stereocenters. The standard InChI is InChI=1S/C16H21FN2O2S/c17-13-3-1-2-12(10-13)15-11-19(6-7-21-15)16(20)18-14-4-8-22-9-5-14/h1-3,10,14-15H,4-9,11H2,(H,18,20). The summed E-state index contributed by atoms with van der Waals surface area (Å²) in [5.74, 6) is 1.95. The summed E-state index contributed by atoms with van der Waals surface area (Å²) in [5.41, 5.74) is 0.784. The molecule has 4 nitrogen and oxygen atoms in total. The molecule has 1 aromatic rings. The lowest BCUT2D eigenvalue weighted by Gasteiger charge is -2.34. The van der Waals surface area contributed by atoms with E-state index in [2.05, 4.69) is 5.32 Å². The second kappa shape index (κ2) is 7.33. The van der Waals surface area contributed by atoms with Crippen molar-refractivity contribution in [1.29, 1.82) is 0 Å². The highest BCUT2D eigenvalue weighted by Crippen LogP contribution is 2.23. The van der Waals surface area contributed by atoms with Gasteiger partial charge in [-0.25, -0.2) is 9.18 Å². The van der Waals surface area contributed by atoms with Crippen molar-refractivity contribution in [2.75, 3.05) is 31.2 Å². The number of carbonyl (C=O) groups excluding carboxylic acids is 1. The van der Waals surface area contributed by atoms with Crippen molar-refractivity contribution in [3.8, 4) is 0 Å². The molecule has 120 valence electrons. The van der Waals surface area contributed by atoms with Gasteiger partial charge in [-0.3, -0.25) is 0 Å². The first kappa shape index (κ1) is 15.6. The van der Waals surface area contributed by atoms with E-state index in [9.17, 15) is 9.18 Å². The van der Waals surface area contributed by atoms with E-state index in [4.69, 9.17) is 4.74 Å². The van der Waals surface area contributed by atoms with Gasteiger partial charge in [-0.05, 0) is 42.0 Å². The average molecular weight is 324 g/mol. The largest absolute Gasteiger partial charge is 0.370 e. The Kier molecular flexibility index (Phi) is 5.20. The molecule has 0 spiro atoms. The molecule has 3 rings (SSSR count). The number of thioether (sulfide) groups is 1. The van der Waals surface area contributed by atoms with Gasteiger partial charge in [0.05, 0.1) is 13.2 Å². The summed E-state index contributed by atoms with van der Waals surface area (Å²) in [5, 5.41) is 3.12. The SMILES string of the molecule is O=C(NC1CCSCC1)N1CCOC(c2cccc(F)c2)C1. The zero-order valence-corrected chi connectivity index (χ0v) is 13.3. The summed E-state index contributed by atoms with van der Waals surface area (Å²) in [6, 6.07) is 6.66. The first-order valence-electron chi connectivity index (χ1n) is 7.72. The van der Waals surface area contributed by atoms with E-state index < -0.39 is 0 Å². The van der Waals surface area contributed by atoms with Gasteiger partial charge in [0.1, 0.15) is 11.9 Å². The van der Waals surface area contributed by atoms with E-state index in [1.165, 1.54) is 12.1 Å². The third-order valence-electron chi connectivity index (χ3n) is 4.12.